The molecular formula is C18H29NO. The molecule has 112 valence electrons. The van der Waals surface area contributed by atoms with Crippen molar-refractivity contribution >= 4 is 0 Å². The molecule has 1 atom stereocenters. The highest BCUT2D eigenvalue weighted by Crippen LogP contribution is 2.34. The number of methoxy groups -OCH3 is 1. The molecule has 0 aromatic heterocycles. The highest BCUT2D eigenvalue weighted by atomic mass is 16.5. The zero-order valence-corrected chi connectivity index (χ0v) is 13.2. The summed E-state index contributed by atoms with van der Waals surface area (Å²) >= 11 is 0. The Hall–Kier alpha value is -1.02. The molecule has 1 aromatic carbocycles. The van der Waals surface area contributed by atoms with E-state index in [-0.39, 0.29) is 6.04 Å². The van der Waals surface area contributed by atoms with Crippen molar-refractivity contribution in [1.29, 1.82) is 0 Å². The van der Waals surface area contributed by atoms with E-state index in [9.17, 15) is 0 Å². The van der Waals surface area contributed by atoms with Crippen LogP contribution in [0.1, 0.15) is 67.7 Å². The van der Waals surface area contributed by atoms with Crippen LogP contribution in [0.15, 0.2) is 12.1 Å². The third-order valence-electron chi connectivity index (χ3n) is 4.69. The lowest BCUT2D eigenvalue weighted by Gasteiger charge is -2.24. The Morgan fingerprint density at radius 3 is 2.55 bits per heavy atom. The van der Waals surface area contributed by atoms with Crippen molar-refractivity contribution in [3.63, 3.8) is 0 Å². The van der Waals surface area contributed by atoms with Crippen LogP contribution in [0, 0.1) is 19.8 Å². The number of benzene rings is 1. The lowest BCUT2D eigenvalue weighted by Crippen LogP contribution is -2.16. The standard InChI is InChI=1S/C18H29NO/c1-13-11-14(2)18(17(12-13)20-3)16(19)10-9-15-7-5-4-6-8-15/h11-12,15-16H,4-10,19H2,1-3H3. The van der Waals surface area contributed by atoms with Crippen molar-refractivity contribution in [3.8, 4) is 5.75 Å². The minimum absolute atomic E-state index is 0.104. The van der Waals surface area contributed by atoms with Crippen LogP contribution in [0.5, 0.6) is 5.75 Å². The van der Waals surface area contributed by atoms with Crippen LogP contribution >= 0.6 is 0 Å². The quantitative estimate of drug-likeness (QED) is 0.847. The van der Waals surface area contributed by atoms with Gasteiger partial charge in [-0.1, -0.05) is 38.2 Å². The zero-order valence-electron chi connectivity index (χ0n) is 13.2. The van der Waals surface area contributed by atoms with E-state index >= 15 is 0 Å². The van der Waals surface area contributed by atoms with Gasteiger partial charge in [-0.2, -0.15) is 0 Å². The predicted octanol–water partition coefficient (Wildman–Crippen LogP) is 4.67. The van der Waals surface area contributed by atoms with Crippen LogP contribution < -0.4 is 10.5 Å². The van der Waals surface area contributed by atoms with Crippen molar-refractivity contribution in [2.24, 2.45) is 11.7 Å². The number of rotatable bonds is 5. The van der Waals surface area contributed by atoms with Gasteiger partial charge in [0.25, 0.3) is 0 Å². The lowest BCUT2D eigenvalue weighted by molar-refractivity contribution is 0.322. The van der Waals surface area contributed by atoms with Gasteiger partial charge in [0.1, 0.15) is 5.75 Å². The molecular weight excluding hydrogens is 246 g/mol. The van der Waals surface area contributed by atoms with Gasteiger partial charge < -0.3 is 10.5 Å². The molecule has 0 radical (unpaired) electrons. The predicted molar refractivity (Wildman–Crippen MR) is 85.2 cm³/mol. The van der Waals surface area contributed by atoms with E-state index in [4.69, 9.17) is 10.5 Å². The molecule has 0 bridgehead atoms. The van der Waals surface area contributed by atoms with Crippen molar-refractivity contribution < 1.29 is 4.74 Å². The molecule has 1 aromatic rings. The summed E-state index contributed by atoms with van der Waals surface area (Å²) < 4.78 is 5.54. The van der Waals surface area contributed by atoms with Crippen LogP contribution in [-0.4, -0.2) is 7.11 Å². The molecule has 2 nitrogen and oxygen atoms in total. The Bertz CT molecular complexity index is 435. The van der Waals surface area contributed by atoms with Gasteiger partial charge in [-0.3, -0.25) is 0 Å². The molecule has 1 aliphatic carbocycles. The van der Waals surface area contributed by atoms with Crippen molar-refractivity contribution in [1.82, 2.24) is 0 Å². The number of hydrogen-bond donors (Lipinski definition) is 1. The second-order valence-corrected chi connectivity index (χ2v) is 6.39. The topological polar surface area (TPSA) is 35.2 Å². The first-order chi connectivity index (χ1) is 9.61. The molecule has 1 aliphatic rings. The van der Waals surface area contributed by atoms with E-state index < -0.39 is 0 Å². The first-order valence-corrected chi connectivity index (χ1v) is 8.02. The molecule has 0 spiro atoms. The molecule has 20 heavy (non-hydrogen) atoms. The Morgan fingerprint density at radius 2 is 1.90 bits per heavy atom. The third kappa shape index (κ3) is 3.76. The Labute approximate surface area is 123 Å². The normalized spacial score (nSPS) is 18.0. The van der Waals surface area contributed by atoms with Crippen LogP contribution in [-0.2, 0) is 0 Å². The fourth-order valence-electron chi connectivity index (χ4n) is 3.62. The largest absolute Gasteiger partial charge is 0.496 e. The average Bonchev–Trinajstić information content (AvgIpc) is 2.45. The lowest BCUT2D eigenvalue weighted by atomic mass is 9.84. The minimum Gasteiger partial charge on any atom is -0.496 e. The van der Waals surface area contributed by atoms with Crippen molar-refractivity contribution in [3.05, 3.63) is 28.8 Å². The first kappa shape index (κ1) is 15.4. The van der Waals surface area contributed by atoms with E-state index in [0.717, 1.165) is 18.1 Å². The number of aryl methyl sites for hydroxylation is 2. The van der Waals surface area contributed by atoms with Crippen molar-refractivity contribution in [2.45, 2.75) is 64.8 Å². The number of ether oxygens (including phenoxy) is 1. The zero-order chi connectivity index (χ0) is 14.5. The van der Waals surface area contributed by atoms with E-state index in [1.54, 1.807) is 7.11 Å². The second-order valence-electron chi connectivity index (χ2n) is 6.39. The van der Waals surface area contributed by atoms with Gasteiger partial charge in [-0.15, -0.1) is 0 Å². The second kappa shape index (κ2) is 7.12. The summed E-state index contributed by atoms with van der Waals surface area (Å²) in [6.07, 6.45) is 9.38. The first-order valence-electron chi connectivity index (χ1n) is 8.02. The molecule has 2 rings (SSSR count). The maximum absolute atomic E-state index is 6.46. The molecule has 1 fully saturated rings. The van der Waals surface area contributed by atoms with Gasteiger partial charge in [-0.05, 0) is 49.8 Å². The van der Waals surface area contributed by atoms with Crippen LogP contribution in [0.2, 0.25) is 0 Å². The van der Waals surface area contributed by atoms with Crippen LogP contribution in [0.25, 0.3) is 0 Å². The van der Waals surface area contributed by atoms with Gasteiger partial charge in [-0.25, -0.2) is 0 Å². The summed E-state index contributed by atoms with van der Waals surface area (Å²) in [4.78, 5) is 0. The molecule has 2 N–H and O–H groups in total. The van der Waals surface area contributed by atoms with E-state index in [2.05, 4.69) is 26.0 Å². The SMILES string of the molecule is COc1cc(C)cc(C)c1C(N)CCC1CCCCC1. The summed E-state index contributed by atoms with van der Waals surface area (Å²) in [5.74, 6) is 1.85. The maximum Gasteiger partial charge on any atom is 0.124 e. The monoisotopic (exact) mass is 275 g/mol. The third-order valence-corrected chi connectivity index (χ3v) is 4.69. The Kier molecular flexibility index (Phi) is 5.47. The maximum atomic E-state index is 6.46. The fourth-order valence-corrected chi connectivity index (χ4v) is 3.62. The van der Waals surface area contributed by atoms with Crippen LogP contribution in [0.3, 0.4) is 0 Å². The highest BCUT2D eigenvalue weighted by Gasteiger charge is 2.19. The van der Waals surface area contributed by atoms with Gasteiger partial charge in [0.15, 0.2) is 0 Å². The minimum atomic E-state index is 0.104. The van der Waals surface area contributed by atoms with E-state index in [0.29, 0.717) is 0 Å². The highest BCUT2D eigenvalue weighted by molar-refractivity contribution is 5.44. The van der Waals surface area contributed by atoms with Gasteiger partial charge >= 0.3 is 0 Å². The molecule has 0 heterocycles. The van der Waals surface area contributed by atoms with Crippen LogP contribution in [0.4, 0.5) is 0 Å². The summed E-state index contributed by atoms with van der Waals surface area (Å²) in [7, 11) is 1.74. The molecule has 0 saturated heterocycles. The summed E-state index contributed by atoms with van der Waals surface area (Å²) in [5.41, 5.74) is 10.2. The number of hydrogen-bond acceptors (Lipinski definition) is 2. The van der Waals surface area contributed by atoms with Gasteiger partial charge in [0, 0.05) is 11.6 Å². The number of nitrogens with two attached hydrogens (primary N) is 1. The Morgan fingerprint density at radius 1 is 1.20 bits per heavy atom. The molecule has 1 saturated carbocycles. The molecule has 0 amide bonds. The van der Waals surface area contributed by atoms with Gasteiger partial charge in [0.2, 0.25) is 0 Å². The molecule has 0 aliphatic heterocycles. The van der Waals surface area contributed by atoms with Crippen molar-refractivity contribution in [2.75, 3.05) is 7.11 Å². The molecule has 2 heteroatoms. The fraction of sp³-hybridized carbons (Fsp3) is 0.667. The van der Waals surface area contributed by atoms with Gasteiger partial charge in [0.05, 0.1) is 7.11 Å². The summed E-state index contributed by atoms with van der Waals surface area (Å²) in [5, 5.41) is 0. The smallest absolute Gasteiger partial charge is 0.124 e. The average molecular weight is 275 g/mol. The summed E-state index contributed by atoms with van der Waals surface area (Å²) in [6.45, 7) is 4.25. The summed E-state index contributed by atoms with van der Waals surface area (Å²) in [6, 6.07) is 4.41. The Balaban J connectivity index is 2.02. The molecule has 1 unspecified atom stereocenters. The van der Waals surface area contributed by atoms with E-state index in [1.165, 1.54) is 55.2 Å². The van der Waals surface area contributed by atoms with E-state index in [1.807, 2.05) is 0 Å².